The van der Waals surface area contributed by atoms with E-state index in [9.17, 15) is 0 Å². The van der Waals surface area contributed by atoms with Crippen LogP contribution in [0.4, 0.5) is 17.1 Å². The number of furan rings is 1. The zero-order valence-electron chi connectivity index (χ0n) is 30.6. The second-order valence-corrected chi connectivity index (χ2v) is 14.5. The van der Waals surface area contributed by atoms with Gasteiger partial charge in [0.2, 0.25) is 0 Å². The van der Waals surface area contributed by atoms with Gasteiger partial charge in [-0.1, -0.05) is 164 Å². The summed E-state index contributed by atoms with van der Waals surface area (Å²) >= 11 is 0. The van der Waals surface area contributed by atoms with E-state index >= 15 is 0 Å². The van der Waals surface area contributed by atoms with E-state index in [0.717, 1.165) is 55.5 Å². The quantitative estimate of drug-likeness (QED) is 0.160. The molecule has 0 spiro atoms. The summed E-state index contributed by atoms with van der Waals surface area (Å²) in [7, 11) is 0. The van der Waals surface area contributed by atoms with Crippen molar-refractivity contribution in [3.63, 3.8) is 0 Å². The standard InChI is InChI=1S/C54H35NO/c1-2-12-36(13-3-1)37-22-24-39(25-23-37)45-17-10-11-21-52(45)55(43-31-33-53-51(35-43)49-32-28-38-14-4-7-18-46(38)54(49)56-53)42-29-26-40(27-30-42)50-34-41-15-5-6-16-44(41)47-19-8-9-20-48(47)50/h1-35H. The van der Waals surface area contributed by atoms with Crippen LogP contribution in [0.1, 0.15) is 0 Å². The molecular weight excluding hydrogens is 679 g/mol. The smallest absolute Gasteiger partial charge is 0.143 e. The van der Waals surface area contributed by atoms with Crippen LogP contribution in [-0.4, -0.2) is 0 Å². The fourth-order valence-electron chi connectivity index (χ4n) is 8.53. The average Bonchev–Trinajstić information content (AvgIpc) is 3.66. The fourth-order valence-corrected chi connectivity index (χ4v) is 8.53. The summed E-state index contributed by atoms with van der Waals surface area (Å²) in [5.74, 6) is 0. The first kappa shape index (κ1) is 32.0. The highest BCUT2D eigenvalue weighted by Gasteiger charge is 2.20. The van der Waals surface area contributed by atoms with Crippen molar-refractivity contribution >= 4 is 71.3 Å². The molecule has 262 valence electrons. The van der Waals surface area contributed by atoms with Crippen molar-refractivity contribution in [3.8, 4) is 33.4 Å². The van der Waals surface area contributed by atoms with Crippen LogP contribution in [0.15, 0.2) is 217 Å². The van der Waals surface area contributed by atoms with Gasteiger partial charge in [-0.05, 0) is 103 Å². The first-order chi connectivity index (χ1) is 27.8. The van der Waals surface area contributed by atoms with Gasteiger partial charge in [-0.3, -0.25) is 0 Å². The van der Waals surface area contributed by atoms with Crippen molar-refractivity contribution in [3.05, 3.63) is 212 Å². The van der Waals surface area contributed by atoms with Gasteiger partial charge in [0.1, 0.15) is 11.2 Å². The number of hydrogen-bond acceptors (Lipinski definition) is 2. The lowest BCUT2D eigenvalue weighted by molar-refractivity contribution is 0.672. The maximum absolute atomic E-state index is 6.56. The first-order valence-electron chi connectivity index (χ1n) is 19.2. The summed E-state index contributed by atoms with van der Waals surface area (Å²) in [5, 5.41) is 9.55. The van der Waals surface area contributed by atoms with E-state index in [2.05, 4.69) is 217 Å². The minimum absolute atomic E-state index is 0.878. The van der Waals surface area contributed by atoms with Crippen LogP contribution in [-0.2, 0) is 0 Å². The Hall–Kier alpha value is -7.42. The molecule has 0 radical (unpaired) electrons. The predicted octanol–water partition coefficient (Wildman–Crippen LogP) is 15.5. The molecule has 10 aromatic carbocycles. The Morgan fingerprint density at radius 2 is 0.893 bits per heavy atom. The third kappa shape index (κ3) is 5.34. The Morgan fingerprint density at radius 3 is 1.71 bits per heavy atom. The fraction of sp³-hybridized carbons (Fsp3) is 0. The van der Waals surface area contributed by atoms with Crippen molar-refractivity contribution in [2.45, 2.75) is 0 Å². The first-order valence-corrected chi connectivity index (χ1v) is 19.2. The molecule has 0 fully saturated rings. The largest absolute Gasteiger partial charge is 0.455 e. The lowest BCUT2D eigenvalue weighted by Crippen LogP contribution is -2.11. The van der Waals surface area contributed by atoms with E-state index in [1.165, 1.54) is 49.2 Å². The molecule has 0 aliphatic rings. The highest BCUT2D eigenvalue weighted by Crippen LogP contribution is 2.45. The van der Waals surface area contributed by atoms with Crippen LogP contribution >= 0.6 is 0 Å². The van der Waals surface area contributed by atoms with Crippen LogP contribution in [0.5, 0.6) is 0 Å². The van der Waals surface area contributed by atoms with E-state index in [1.807, 2.05) is 0 Å². The zero-order chi connectivity index (χ0) is 37.0. The highest BCUT2D eigenvalue weighted by atomic mass is 16.3. The van der Waals surface area contributed by atoms with Gasteiger partial charge in [-0.25, -0.2) is 0 Å². The Morgan fingerprint density at radius 1 is 0.304 bits per heavy atom. The lowest BCUT2D eigenvalue weighted by Gasteiger charge is -2.28. The summed E-state index contributed by atoms with van der Waals surface area (Å²) in [5.41, 5.74) is 12.2. The molecule has 1 aromatic heterocycles. The molecule has 0 aliphatic carbocycles. The molecule has 0 aliphatic heterocycles. The second kappa shape index (κ2) is 13.2. The maximum Gasteiger partial charge on any atom is 0.143 e. The van der Waals surface area contributed by atoms with Crippen LogP contribution in [0.2, 0.25) is 0 Å². The van der Waals surface area contributed by atoms with Gasteiger partial charge in [0.25, 0.3) is 0 Å². The maximum atomic E-state index is 6.56. The summed E-state index contributed by atoms with van der Waals surface area (Å²) in [6, 6.07) is 76.5. The van der Waals surface area contributed by atoms with Gasteiger partial charge in [0.15, 0.2) is 0 Å². The average molecular weight is 714 g/mol. The molecule has 2 nitrogen and oxygen atoms in total. The third-order valence-corrected chi connectivity index (χ3v) is 11.3. The van der Waals surface area contributed by atoms with E-state index in [4.69, 9.17) is 4.42 Å². The van der Waals surface area contributed by atoms with Gasteiger partial charge in [0, 0.05) is 33.1 Å². The Labute approximate surface area is 325 Å². The number of para-hydroxylation sites is 1. The highest BCUT2D eigenvalue weighted by molar-refractivity contribution is 6.16. The second-order valence-electron chi connectivity index (χ2n) is 14.5. The molecule has 11 aromatic rings. The Balaban J connectivity index is 1.08. The summed E-state index contributed by atoms with van der Waals surface area (Å²) in [6.07, 6.45) is 0. The Bertz CT molecular complexity index is 3230. The minimum Gasteiger partial charge on any atom is -0.455 e. The van der Waals surface area contributed by atoms with Crippen molar-refractivity contribution in [2.24, 2.45) is 0 Å². The summed E-state index contributed by atoms with van der Waals surface area (Å²) < 4.78 is 6.56. The minimum atomic E-state index is 0.878. The van der Waals surface area contributed by atoms with Crippen molar-refractivity contribution < 1.29 is 4.42 Å². The molecule has 56 heavy (non-hydrogen) atoms. The molecule has 0 atom stereocenters. The van der Waals surface area contributed by atoms with Gasteiger partial charge in [0.05, 0.1) is 5.69 Å². The van der Waals surface area contributed by atoms with Gasteiger partial charge >= 0.3 is 0 Å². The number of fused-ring (bicyclic) bond motifs is 8. The number of hydrogen-bond donors (Lipinski definition) is 0. The third-order valence-electron chi connectivity index (χ3n) is 11.3. The Kier molecular flexibility index (Phi) is 7.53. The normalized spacial score (nSPS) is 11.6. The molecule has 2 heteroatoms. The topological polar surface area (TPSA) is 16.4 Å². The van der Waals surface area contributed by atoms with Crippen molar-refractivity contribution in [1.82, 2.24) is 0 Å². The van der Waals surface area contributed by atoms with E-state index in [0.29, 0.717) is 0 Å². The number of rotatable bonds is 6. The van der Waals surface area contributed by atoms with Gasteiger partial charge in [-0.2, -0.15) is 0 Å². The number of benzene rings is 10. The van der Waals surface area contributed by atoms with Gasteiger partial charge in [-0.15, -0.1) is 0 Å². The van der Waals surface area contributed by atoms with Crippen LogP contribution in [0.3, 0.4) is 0 Å². The SMILES string of the molecule is c1ccc(-c2ccc(-c3ccccc3N(c3ccc(-c4cc5ccccc5c5ccccc45)cc3)c3ccc4oc5c6ccccc6ccc5c4c3)cc2)cc1. The van der Waals surface area contributed by atoms with E-state index in [1.54, 1.807) is 0 Å². The summed E-state index contributed by atoms with van der Waals surface area (Å²) in [6.45, 7) is 0. The lowest BCUT2D eigenvalue weighted by atomic mass is 9.93. The summed E-state index contributed by atoms with van der Waals surface area (Å²) in [4.78, 5) is 2.39. The van der Waals surface area contributed by atoms with Crippen molar-refractivity contribution in [2.75, 3.05) is 4.90 Å². The van der Waals surface area contributed by atoms with E-state index in [-0.39, 0.29) is 0 Å². The van der Waals surface area contributed by atoms with Crippen LogP contribution in [0, 0.1) is 0 Å². The molecule has 1 heterocycles. The predicted molar refractivity (Wildman–Crippen MR) is 237 cm³/mol. The molecule has 0 N–H and O–H groups in total. The molecule has 0 bridgehead atoms. The van der Waals surface area contributed by atoms with Crippen LogP contribution < -0.4 is 4.90 Å². The number of nitrogens with zero attached hydrogens (tertiary/aromatic N) is 1. The monoisotopic (exact) mass is 713 g/mol. The van der Waals surface area contributed by atoms with Crippen molar-refractivity contribution in [1.29, 1.82) is 0 Å². The molecule has 11 rings (SSSR count). The molecule has 0 saturated heterocycles. The molecule has 0 saturated carbocycles. The van der Waals surface area contributed by atoms with Crippen LogP contribution in [0.25, 0.3) is 87.6 Å². The zero-order valence-corrected chi connectivity index (χ0v) is 30.6. The number of anilines is 3. The molecule has 0 amide bonds. The molecular formula is C54H35NO. The van der Waals surface area contributed by atoms with Gasteiger partial charge < -0.3 is 9.32 Å². The molecule has 0 unspecified atom stereocenters. The van der Waals surface area contributed by atoms with E-state index < -0.39 is 0 Å².